The first kappa shape index (κ1) is 18.6. The topological polar surface area (TPSA) is 97.1 Å². The van der Waals surface area contributed by atoms with Crippen molar-refractivity contribution in [3.63, 3.8) is 0 Å². The standard InChI is InChI=1S/C15F5N5S2/c16-8-7(9(17)11(19)12(20)10(8)18)4(1-21)15-26-13-14(27-15)25-6(3-23)5(2-22)24-13. The number of thioether (sulfide) groups is 2. The molecule has 0 bridgehead atoms. The maximum absolute atomic E-state index is 14.0. The molecule has 0 saturated heterocycles. The van der Waals surface area contributed by atoms with Crippen molar-refractivity contribution in [2.45, 2.75) is 10.1 Å². The van der Waals surface area contributed by atoms with E-state index >= 15 is 0 Å². The van der Waals surface area contributed by atoms with E-state index in [9.17, 15) is 27.2 Å². The van der Waals surface area contributed by atoms with E-state index in [1.54, 1.807) is 12.1 Å². The van der Waals surface area contributed by atoms with Crippen LogP contribution >= 0.6 is 23.5 Å². The second-order valence-corrected chi connectivity index (χ2v) is 6.93. The highest BCUT2D eigenvalue weighted by atomic mass is 32.2. The minimum absolute atomic E-state index is 0.0576. The van der Waals surface area contributed by atoms with Gasteiger partial charge in [-0.15, -0.1) is 0 Å². The molecule has 1 aromatic heterocycles. The Morgan fingerprint density at radius 1 is 0.704 bits per heavy atom. The lowest BCUT2D eigenvalue weighted by molar-refractivity contribution is 0.376. The van der Waals surface area contributed by atoms with Gasteiger partial charge >= 0.3 is 0 Å². The van der Waals surface area contributed by atoms with Gasteiger partial charge in [0, 0.05) is 0 Å². The van der Waals surface area contributed by atoms with E-state index in [1.165, 1.54) is 6.07 Å². The van der Waals surface area contributed by atoms with E-state index in [0.717, 1.165) is 0 Å². The van der Waals surface area contributed by atoms with Gasteiger partial charge in [0.1, 0.15) is 28.3 Å². The molecule has 0 amide bonds. The molecule has 0 N–H and O–H groups in total. The van der Waals surface area contributed by atoms with Gasteiger partial charge in [0.15, 0.2) is 34.7 Å². The molecule has 0 fully saturated rings. The number of nitrogens with zero attached hydrogens (tertiary/aromatic N) is 5. The third kappa shape index (κ3) is 2.87. The first-order valence-corrected chi connectivity index (χ1v) is 8.21. The molecule has 1 aliphatic heterocycles. The summed E-state index contributed by atoms with van der Waals surface area (Å²) < 4.78 is 68.0. The molecule has 0 aliphatic carbocycles. The molecule has 3 rings (SSSR count). The Hall–Kier alpha value is -3.14. The highest BCUT2D eigenvalue weighted by molar-refractivity contribution is 8.24. The number of halogens is 5. The summed E-state index contributed by atoms with van der Waals surface area (Å²) in [6.45, 7) is 0. The van der Waals surface area contributed by atoms with Crippen LogP contribution in [0.3, 0.4) is 0 Å². The van der Waals surface area contributed by atoms with Crippen molar-refractivity contribution >= 4 is 29.1 Å². The molecular formula is C15F5N5S2. The summed E-state index contributed by atoms with van der Waals surface area (Å²) in [4.78, 5) is 7.71. The monoisotopic (exact) mass is 409 g/mol. The normalized spacial score (nSPS) is 12.1. The molecular weight excluding hydrogens is 409 g/mol. The highest BCUT2D eigenvalue weighted by Crippen LogP contribution is 2.52. The van der Waals surface area contributed by atoms with E-state index in [4.69, 9.17) is 10.5 Å². The molecule has 0 unspecified atom stereocenters. The molecule has 12 heteroatoms. The Labute approximate surface area is 155 Å². The lowest BCUT2D eigenvalue weighted by atomic mass is 10.1. The summed E-state index contributed by atoms with van der Waals surface area (Å²) >= 11 is 1.32. The van der Waals surface area contributed by atoms with Gasteiger partial charge in [-0.25, -0.2) is 31.9 Å². The number of hydrogen-bond acceptors (Lipinski definition) is 7. The van der Waals surface area contributed by atoms with Crippen LogP contribution in [0.1, 0.15) is 17.0 Å². The predicted molar refractivity (Wildman–Crippen MR) is 81.9 cm³/mol. The third-order valence-corrected chi connectivity index (χ3v) is 5.56. The van der Waals surface area contributed by atoms with Crippen molar-refractivity contribution in [3.8, 4) is 18.2 Å². The second kappa shape index (κ2) is 6.88. The number of rotatable bonds is 1. The van der Waals surface area contributed by atoms with Crippen LogP contribution in [-0.2, 0) is 0 Å². The van der Waals surface area contributed by atoms with E-state index in [1.807, 2.05) is 0 Å². The largest absolute Gasteiger partial charge is 0.224 e. The Morgan fingerprint density at radius 3 is 1.48 bits per heavy atom. The Bertz CT molecular complexity index is 1100. The molecule has 2 aromatic rings. The number of hydrogen-bond donors (Lipinski definition) is 0. The predicted octanol–water partition coefficient (Wildman–Crippen LogP) is 4.01. The van der Waals surface area contributed by atoms with Crippen molar-refractivity contribution in [2.24, 2.45) is 0 Å². The summed E-state index contributed by atoms with van der Waals surface area (Å²) in [5.41, 5.74) is -2.80. The zero-order valence-corrected chi connectivity index (χ0v) is 14.1. The van der Waals surface area contributed by atoms with Crippen molar-refractivity contribution in [3.05, 3.63) is 50.3 Å². The highest BCUT2D eigenvalue weighted by Gasteiger charge is 2.33. The van der Waals surface area contributed by atoms with Gasteiger partial charge in [0.25, 0.3) is 0 Å². The summed E-state index contributed by atoms with van der Waals surface area (Å²) in [7, 11) is 0. The smallest absolute Gasteiger partial charge is 0.200 e. The quantitative estimate of drug-likeness (QED) is 0.304. The molecule has 2 heterocycles. The molecule has 1 aliphatic rings. The molecule has 1 aromatic carbocycles. The molecule has 132 valence electrons. The van der Waals surface area contributed by atoms with Crippen molar-refractivity contribution in [1.82, 2.24) is 9.97 Å². The van der Waals surface area contributed by atoms with E-state index in [-0.39, 0.29) is 25.7 Å². The SMILES string of the molecule is N#CC(=C1Sc2nc(C#N)c(C#N)nc2S1)c1c(F)c(F)c(F)c(F)c1F. The van der Waals surface area contributed by atoms with Crippen LogP contribution in [0.2, 0.25) is 0 Å². The van der Waals surface area contributed by atoms with Crippen LogP contribution in [-0.4, -0.2) is 9.97 Å². The average Bonchev–Trinajstić information content (AvgIpc) is 3.09. The average molecular weight is 409 g/mol. The van der Waals surface area contributed by atoms with Gasteiger partial charge in [0.2, 0.25) is 5.82 Å². The number of aromatic nitrogens is 2. The number of benzene rings is 1. The van der Waals surface area contributed by atoms with Crippen molar-refractivity contribution in [1.29, 1.82) is 15.8 Å². The lowest BCUT2D eigenvalue weighted by Crippen LogP contribution is -2.06. The fraction of sp³-hybridized carbons (Fsp3) is 0. The molecule has 27 heavy (non-hydrogen) atoms. The Balaban J connectivity index is 2.22. The summed E-state index contributed by atoms with van der Waals surface area (Å²) in [6.07, 6.45) is 0. The molecule has 0 atom stereocenters. The van der Waals surface area contributed by atoms with E-state index < -0.39 is 40.2 Å². The van der Waals surface area contributed by atoms with Crippen molar-refractivity contribution in [2.75, 3.05) is 0 Å². The summed E-state index contributed by atoms with van der Waals surface area (Å²) in [5.74, 6) is -11.0. The van der Waals surface area contributed by atoms with Crippen LogP contribution in [0, 0.1) is 63.1 Å². The van der Waals surface area contributed by atoms with Gasteiger partial charge in [-0.1, -0.05) is 23.5 Å². The number of fused-ring (bicyclic) bond motifs is 1. The Morgan fingerprint density at radius 2 is 1.11 bits per heavy atom. The Kier molecular flexibility index (Phi) is 4.75. The zero-order chi connectivity index (χ0) is 19.9. The maximum Gasteiger partial charge on any atom is 0.200 e. The summed E-state index contributed by atoms with van der Waals surface area (Å²) in [5, 5.41) is 27.3. The fourth-order valence-electron chi connectivity index (χ4n) is 2.02. The minimum Gasteiger partial charge on any atom is -0.224 e. The minimum atomic E-state index is -2.34. The first-order valence-electron chi connectivity index (χ1n) is 6.58. The molecule has 0 radical (unpaired) electrons. The van der Waals surface area contributed by atoms with Crippen LogP contribution in [0.15, 0.2) is 14.3 Å². The lowest BCUT2D eigenvalue weighted by Gasteiger charge is -2.08. The number of nitriles is 3. The van der Waals surface area contributed by atoms with Crippen LogP contribution in [0.4, 0.5) is 22.0 Å². The summed E-state index contributed by atoms with van der Waals surface area (Å²) in [6, 6.07) is 4.71. The van der Waals surface area contributed by atoms with Gasteiger partial charge in [-0.05, 0) is 0 Å². The fourth-order valence-corrected chi connectivity index (χ4v) is 4.30. The van der Waals surface area contributed by atoms with E-state index in [2.05, 4.69) is 9.97 Å². The van der Waals surface area contributed by atoms with Gasteiger partial charge in [0.05, 0.1) is 15.4 Å². The van der Waals surface area contributed by atoms with Gasteiger partial charge in [-0.2, -0.15) is 15.8 Å². The van der Waals surface area contributed by atoms with Crippen molar-refractivity contribution < 1.29 is 22.0 Å². The number of allylic oxidation sites excluding steroid dienone is 1. The second-order valence-electron chi connectivity index (χ2n) is 4.68. The molecule has 0 spiro atoms. The molecule has 0 saturated carbocycles. The third-order valence-electron chi connectivity index (χ3n) is 3.20. The van der Waals surface area contributed by atoms with Crippen LogP contribution in [0.5, 0.6) is 0 Å². The van der Waals surface area contributed by atoms with Crippen LogP contribution < -0.4 is 0 Å². The zero-order valence-electron chi connectivity index (χ0n) is 12.4. The first-order chi connectivity index (χ1) is 12.8. The van der Waals surface area contributed by atoms with Gasteiger partial charge in [-0.3, -0.25) is 0 Å². The molecule has 5 nitrogen and oxygen atoms in total. The van der Waals surface area contributed by atoms with E-state index in [0.29, 0.717) is 23.5 Å². The van der Waals surface area contributed by atoms with Crippen LogP contribution in [0.25, 0.3) is 5.57 Å². The van der Waals surface area contributed by atoms with Gasteiger partial charge < -0.3 is 0 Å². The maximum atomic E-state index is 14.0.